The zero-order chi connectivity index (χ0) is 13.3. The lowest BCUT2D eigenvalue weighted by Crippen LogP contribution is -2.35. The van der Waals surface area contributed by atoms with Crippen molar-refractivity contribution in [2.24, 2.45) is 0 Å². The summed E-state index contributed by atoms with van der Waals surface area (Å²) in [6.45, 7) is 1.75. The molecule has 0 fully saturated rings. The summed E-state index contributed by atoms with van der Waals surface area (Å²) >= 11 is 13.1. The molecule has 0 aliphatic rings. The van der Waals surface area contributed by atoms with Gasteiger partial charge in [0.15, 0.2) is 0 Å². The zero-order valence-electron chi connectivity index (χ0n) is 9.62. The fourth-order valence-electron chi connectivity index (χ4n) is 1.36. The number of amides is 1. The van der Waals surface area contributed by atoms with Crippen LogP contribution in [0.5, 0.6) is 0 Å². The van der Waals surface area contributed by atoms with E-state index in [1.165, 1.54) is 0 Å². The van der Waals surface area contributed by atoms with Crippen molar-refractivity contribution in [2.75, 3.05) is 12.4 Å². The highest BCUT2D eigenvalue weighted by Crippen LogP contribution is 2.35. The molecule has 0 saturated heterocycles. The van der Waals surface area contributed by atoms with Crippen LogP contribution in [0.2, 0.25) is 10.0 Å². The third kappa shape index (κ3) is 2.42. The van der Waals surface area contributed by atoms with Gasteiger partial charge in [-0.2, -0.15) is 8.75 Å². The van der Waals surface area contributed by atoms with Gasteiger partial charge in [0.25, 0.3) is 0 Å². The predicted molar refractivity (Wildman–Crippen MR) is 74.6 cm³/mol. The first-order valence-corrected chi connectivity index (χ1v) is 6.61. The van der Waals surface area contributed by atoms with E-state index in [4.69, 9.17) is 23.2 Å². The molecule has 5 nitrogen and oxygen atoms in total. The Labute approximate surface area is 118 Å². The van der Waals surface area contributed by atoms with Crippen LogP contribution in [0.15, 0.2) is 6.07 Å². The molecule has 0 bridgehead atoms. The molecule has 1 heterocycles. The molecule has 0 radical (unpaired) electrons. The number of nitrogens with zero attached hydrogens (tertiary/aromatic N) is 2. The van der Waals surface area contributed by atoms with Crippen molar-refractivity contribution >= 4 is 57.6 Å². The molecule has 2 N–H and O–H groups in total. The number of aromatic nitrogens is 2. The predicted octanol–water partition coefficient (Wildman–Crippen LogP) is 2.54. The second-order valence-corrected chi connectivity index (χ2v) is 5.02. The second kappa shape index (κ2) is 5.36. The summed E-state index contributed by atoms with van der Waals surface area (Å²) in [6, 6.07) is 1.21. The zero-order valence-corrected chi connectivity index (χ0v) is 11.9. The Morgan fingerprint density at radius 2 is 2.00 bits per heavy atom. The van der Waals surface area contributed by atoms with E-state index in [1.807, 2.05) is 0 Å². The number of halogens is 2. The van der Waals surface area contributed by atoms with E-state index in [0.717, 1.165) is 11.7 Å². The SMILES string of the molecule is CNC(C)C(=O)Nc1c(Cl)cc(Cl)c2nsnc12. The lowest BCUT2D eigenvalue weighted by molar-refractivity contribution is -0.117. The van der Waals surface area contributed by atoms with Gasteiger partial charge in [-0.05, 0) is 20.0 Å². The Morgan fingerprint density at radius 3 is 2.67 bits per heavy atom. The number of hydrogen-bond acceptors (Lipinski definition) is 5. The van der Waals surface area contributed by atoms with E-state index in [-0.39, 0.29) is 11.9 Å². The van der Waals surface area contributed by atoms with Crippen molar-refractivity contribution in [3.8, 4) is 0 Å². The number of fused-ring (bicyclic) bond motifs is 1. The van der Waals surface area contributed by atoms with Gasteiger partial charge in [0.2, 0.25) is 5.91 Å². The topological polar surface area (TPSA) is 66.9 Å². The van der Waals surface area contributed by atoms with E-state index in [9.17, 15) is 4.79 Å². The molecule has 2 rings (SSSR count). The van der Waals surface area contributed by atoms with Gasteiger partial charge in [0.1, 0.15) is 11.0 Å². The molecule has 1 amide bonds. The van der Waals surface area contributed by atoms with Crippen LogP contribution >= 0.6 is 34.9 Å². The summed E-state index contributed by atoms with van der Waals surface area (Å²) in [5.74, 6) is -0.198. The molecule has 0 saturated carbocycles. The number of likely N-dealkylation sites (N-methyl/N-ethyl adjacent to an activating group) is 1. The maximum atomic E-state index is 11.8. The van der Waals surface area contributed by atoms with Crippen LogP contribution in [0.25, 0.3) is 11.0 Å². The molecule has 0 aliphatic carbocycles. The average Bonchev–Trinajstić information content (AvgIpc) is 2.82. The lowest BCUT2D eigenvalue weighted by Gasteiger charge is -2.12. The molecular weight excluding hydrogens is 295 g/mol. The minimum absolute atomic E-state index is 0.198. The highest BCUT2D eigenvalue weighted by atomic mass is 35.5. The van der Waals surface area contributed by atoms with Gasteiger partial charge in [-0.3, -0.25) is 4.79 Å². The molecule has 8 heteroatoms. The first-order valence-electron chi connectivity index (χ1n) is 5.13. The minimum Gasteiger partial charge on any atom is -0.322 e. The molecule has 1 aromatic carbocycles. The second-order valence-electron chi connectivity index (χ2n) is 3.68. The third-order valence-electron chi connectivity index (χ3n) is 2.52. The fraction of sp³-hybridized carbons (Fsp3) is 0.300. The number of benzene rings is 1. The molecular formula is C10H10Cl2N4OS. The number of anilines is 1. The van der Waals surface area contributed by atoms with Crippen LogP contribution in [0.1, 0.15) is 6.92 Å². The Kier molecular flexibility index (Phi) is 4.01. The van der Waals surface area contributed by atoms with Crippen LogP contribution in [-0.4, -0.2) is 27.7 Å². The average molecular weight is 305 g/mol. The molecule has 0 spiro atoms. The monoisotopic (exact) mass is 304 g/mol. The van der Waals surface area contributed by atoms with Gasteiger partial charge >= 0.3 is 0 Å². The summed E-state index contributed by atoms with van der Waals surface area (Å²) < 4.78 is 8.17. The Morgan fingerprint density at radius 1 is 1.33 bits per heavy atom. The van der Waals surface area contributed by atoms with Gasteiger partial charge < -0.3 is 10.6 Å². The maximum Gasteiger partial charge on any atom is 0.241 e. The number of nitrogens with one attached hydrogen (secondary N) is 2. The van der Waals surface area contributed by atoms with Crippen molar-refractivity contribution < 1.29 is 4.79 Å². The Hall–Kier alpha value is -0.950. The van der Waals surface area contributed by atoms with Crippen LogP contribution in [0.3, 0.4) is 0 Å². The van der Waals surface area contributed by atoms with E-state index >= 15 is 0 Å². The molecule has 1 aromatic heterocycles. The van der Waals surface area contributed by atoms with Crippen molar-refractivity contribution in [3.05, 3.63) is 16.1 Å². The summed E-state index contributed by atoms with van der Waals surface area (Å²) in [5, 5.41) is 6.34. The van der Waals surface area contributed by atoms with Gasteiger partial charge in [0.05, 0.1) is 33.5 Å². The van der Waals surface area contributed by atoms with Crippen LogP contribution in [0.4, 0.5) is 5.69 Å². The normalized spacial score (nSPS) is 12.7. The molecule has 96 valence electrons. The van der Waals surface area contributed by atoms with Gasteiger partial charge in [-0.25, -0.2) is 0 Å². The first-order chi connectivity index (χ1) is 8.54. The van der Waals surface area contributed by atoms with E-state index in [2.05, 4.69) is 19.4 Å². The van der Waals surface area contributed by atoms with Crippen molar-refractivity contribution in [1.29, 1.82) is 0 Å². The summed E-state index contributed by atoms with van der Waals surface area (Å²) in [7, 11) is 1.70. The van der Waals surface area contributed by atoms with E-state index in [1.54, 1.807) is 20.0 Å². The largest absolute Gasteiger partial charge is 0.322 e. The van der Waals surface area contributed by atoms with Crippen LogP contribution in [-0.2, 0) is 4.79 Å². The van der Waals surface area contributed by atoms with Crippen molar-refractivity contribution in [3.63, 3.8) is 0 Å². The van der Waals surface area contributed by atoms with E-state index in [0.29, 0.717) is 26.8 Å². The molecule has 1 atom stereocenters. The Bertz CT molecular complexity index is 601. The maximum absolute atomic E-state index is 11.8. The number of carbonyl (C=O) groups excluding carboxylic acids is 1. The smallest absolute Gasteiger partial charge is 0.241 e. The number of rotatable bonds is 3. The van der Waals surface area contributed by atoms with E-state index < -0.39 is 0 Å². The highest BCUT2D eigenvalue weighted by Gasteiger charge is 2.18. The molecule has 18 heavy (non-hydrogen) atoms. The summed E-state index contributed by atoms with van der Waals surface area (Å²) in [6.07, 6.45) is 0. The quantitative estimate of drug-likeness (QED) is 0.914. The highest BCUT2D eigenvalue weighted by molar-refractivity contribution is 7.00. The number of hydrogen-bond donors (Lipinski definition) is 2. The van der Waals surface area contributed by atoms with Gasteiger partial charge in [-0.15, -0.1) is 0 Å². The third-order valence-corrected chi connectivity index (χ3v) is 3.63. The van der Waals surface area contributed by atoms with Crippen LogP contribution < -0.4 is 10.6 Å². The summed E-state index contributed by atoms with van der Waals surface area (Å²) in [5.41, 5.74) is 1.49. The molecule has 2 aromatic rings. The minimum atomic E-state index is -0.335. The van der Waals surface area contributed by atoms with Crippen LogP contribution in [0, 0.1) is 0 Å². The van der Waals surface area contributed by atoms with Crippen molar-refractivity contribution in [1.82, 2.24) is 14.1 Å². The van der Waals surface area contributed by atoms with Gasteiger partial charge in [0, 0.05) is 0 Å². The van der Waals surface area contributed by atoms with Crippen molar-refractivity contribution in [2.45, 2.75) is 13.0 Å². The summed E-state index contributed by atoms with van der Waals surface area (Å²) in [4.78, 5) is 11.8. The molecule has 0 aliphatic heterocycles. The number of carbonyl (C=O) groups is 1. The fourth-order valence-corrected chi connectivity index (χ4v) is 2.52. The standard InChI is InChI=1S/C10H10Cl2N4OS/c1-4(13-2)10(17)14-7-5(11)3-6(12)8-9(7)16-18-15-8/h3-4,13H,1-2H3,(H,14,17). The molecule has 1 unspecified atom stereocenters. The Balaban J connectivity index is 2.44. The van der Waals surface area contributed by atoms with Gasteiger partial charge in [-0.1, -0.05) is 23.2 Å². The lowest BCUT2D eigenvalue weighted by atomic mass is 10.2. The first kappa shape index (κ1) is 13.5.